The predicted molar refractivity (Wildman–Crippen MR) is 115 cm³/mol. The van der Waals surface area contributed by atoms with Crippen molar-refractivity contribution < 1.29 is 27.3 Å². The van der Waals surface area contributed by atoms with Crippen LogP contribution in [0, 0.1) is 5.92 Å². The average molecular weight is 465 g/mol. The minimum absolute atomic E-state index is 0.0133. The normalized spacial score (nSPS) is 16.9. The number of carbonyl (C=O) groups is 2. The highest BCUT2D eigenvalue weighted by molar-refractivity contribution is 7.89. The number of nitrogens with zero attached hydrogens (tertiary/aromatic N) is 4. The Kier molecular flexibility index (Phi) is 7.29. The highest BCUT2D eigenvalue weighted by atomic mass is 32.2. The zero-order chi connectivity index (χ0) is 23.5. The van der Waals surface area contributed by atoms with Crippen molar-refractivity contribution in [2.45, 2.75) is 51.5 Å². The Labute approximate surface area is 187 Å². The van der Waals surface area contributed by atoms with Crippen molar-refractivity contribution in [2.75, 3.05) is 24.5 Å². The molecule has 3 rings (SSSR count). The second-order valence-electron chi connectivity index (χ2n) is 7.80. The second kappa shape index (κ2) is 9.78. The third-order valence-electron chi connectivity index (χ3n) is 5.29. The molecule has 0 saturated carbocycles. The summed E-state index contributed by atoms with van der Waals surface area (Å²) in [6.07, 6.45) is 0.0133. The predicted octanol–water partition coefficient (Wildman–Crippen LogP) is 2.32. The lowest BCUT2D eigenvalue weighted by Crippen LogP contribution is -2.30. The fourth-order valence-corrected chi connectivity index (χ4v) is 4.90. The number of esters is 1. The number of benzene rings is 1. The maximum absolute atomic E-state index is 12.6. The van der Waals surface area contributed by atoms with Crippen LogP contribution in [0.2, 0.25) is 0 Å². The van der Waals surface area contributed by atoms with Crippen molar-refractivity contribution in [3.05, 3.63) is 36.0 Å². The first kappa shape index (κ1) is 23.9. The van der Waals surface area contributed by atoms with E-state index in [0.29, 0.717) is 24.6 Å². The fourth-order valence-electron chi connectivity index (χ4n) is 3.44. The maximum atomic E-state index is 12.6. The zero-order valence-electron chi connectivity index (χ0n) is 18.6. The van der Waals surface area contributed by atoms with Gasteiger partial charge in [0.15, 0.2) is 12.4 Å². The summed E-state index contributed by atoms with van der Waals surface area (Å²) < 4.78 is 36.9. The van der Waals surface area contributed by atoms with E-state index in [1.165, 1.54) is 21.3 Å². The Morgan fingerprint density at radius 1 is 1.25 bits per heavy atom. The molecule has 0 spiro atoms. The van der Waals surface area contributed by atoms with Gasteiger partial charge in [0.05, 0.1) is 10.8 Å². The molecule has 0 aliphatic carbocycles. The van der Waals surface area contributed by atoms with Gasteiger partial charge in [0.1, 0.15) is 0 Å². The van der Waals surface area contributed by atoms with Crippen LogP contribution in [0.15, 0.2) is 33.7 Å². The second-order valence-corrected chi connectivity index (χ2v) is 9.74. The van der Waals surface area contributed by atoms with Gasteiger partial charge in [-0.1, -0.05) is 32.9 Å². The van der Waals surface area contributed by atoms with Gasteiger partial charge in [0.2, 0.25) is 15.9 Å². The molecule has 1 fully saturated rings. The molecule has 10 nitrogen and oxygen atoms in total. The largest absolute Gasteiger partial charge is 0.455 e. The van der Waals surface area contributed by atoms with Crippen LogP contribution in [-0.4, -0.2) is 54.4 Å². The summed E-state index contributed by atoms with van der Waals surface area (Å²) in [5, 5.41) is 3.82. The number of ether oxygens (including phenoxy) is 1. The van der Waals surface area contributed by atoms with Crippen molar-refractivity contribution in [2.24, 2.45) is 5.92 Å². The Hall–Kier alpha value is -2.79. The molecular weight excluding hydrogens is 436 g/mol. The molecule has 0 unspecified atom stereocenters. The van der Waals surface area contributed by atoms with Gasteiger partial charge < -0.3 is 14.2 Å². The highest BCUT2D eigenvalue weighted by Crippen LogP contribution is 2.28. The molecule has 0 radical (unpaired) electrons. The van der Waals surface area contributed by atoms with Crippen molar-refractivity contribution in [1.29, 1.82) is 0 Å². The third kappa shape index (κ3) is 4.99. The van der Waals surface area contributed by atoms with Crippen LogP contribution in [-0.2, 0) is 31.0 Å². The molecule has 2 heterocycles. The summed E-state index contributed by atoms with van der Waals surface area (Å²) in [6, 6.07) is 6.11. The third-order valence-corrected chi connectivity index (χ3v) is 7.35. The molecule has 0 N–H and O–H groups in total. The first-order chi connectivity index (χ1) is 15.2. The van der Waals surface area contributed by atoms with Gasteiger partial charge in [0, 0.05) is 37.7 Å². The van der Waals surface area contributed by atoms with Gasteiger partial charge in [0.25, 0.3) is 5.89 Å². The molecule has 1 aromatic carbocycles. The summed E-state index contributed by atoms with van der Waals surface area (Å²) in [4.78, 5) is 30.7. The lowest BCUT2D eigenvalue weighted by Gasteiger charge is -2.20. The van der Waals surface area contributed by atoms with E-state index >= 15 is 0 Å². The molecular formula is C21H28N4O6S. The van der Waals surface area contributed by atoms with Crippen LogP contribution < -0.4 is 4.90 Å². The number of amides is 1. The SMILES string of the molecule is CCN(CC)S(=O)(=O)c1ccc(N2C[C@@H](C(=O)OCc3nc(C(C)C)no3)CC2=O)cc1. The number of aromatic nitrogens is 2. The van der Waals surface area contributed by atoms with Gasteiger partial charge in [-0.05, 0) is 24.3 Å². The topological polar surface area (TPSA) is 123 Å². The quantitative estimate of drug-likeness (QED) is 0.518. The van der Waals surface area contributed by atoms with Crippen molar-refractivity contribution in [1.82, 2.24) is 14.4 Å². The van der Waals surface area contributed by atoms with E-state index in [2.05, 4.69) is 10.1 Å². The number of hydrogen-bond acceptors (Lipinski definition) is 8. The van der Waals surface area contributed by atoms with Crippen molar-refractivity contribution in [3.8, 4) is 0 Å². The Balaban J connectivity index is 1.63. The molecule has 174 valence electrons. The van der Waals surface area contributed by atoms with Crippen LogP contribution in [0.5, 0.6) is 0 Å². The first-order valence-electron chi connectivity index (χ1n) is 10.6. The molecule has 1 aromatic heterocycles. The van der Waals surface area contributed by atoms with Gasteiger partial charge in [-0.25, -0.2) is 8.42 Å². The van der Waals surface area contributed by atoms with Crippen molar-refractivity contribution in [3.63, 3.8) is 0 Å². The van der Waals surface area contributed by atoms with E-state index in [1.54, 1.807) is 26.0 Å². The van der Waals surface area contributed by atoms with Crippen molar-refractivity contribution >= 4 is 27.6 Å². The molecule has 11 heteroatoms. The minimum Gasteiger partial charge on any atom is -0.455 e. The molecule has 0 bridgehead atoms. The van der Waals surface area contributed by atoms with E-state index in [0.717, 1.165) is 0 Å². The van der Waals surface area contributed by atoms with E-state index in [4.69, 9.17) is 9.26 Å². The zero-order valence-corrected chi connectivity index (χ0v) is 19.5. The molecule has 32 heavy (non-hydrogen) atoms. The molecule has 1 atom stereocenters. The fraction of sp³-hybridized carbons (Fsp3) is 0.524. The highest BCUT2D eigenvalue weighted by Gasteiger charge is 2.36. The minimum atomic E-state index is -3.58. The van der Waals surface area contributed by atoms with Gasteiger partial charge in [-0.15, -0.1) is 0 Å². The van der Waals surface area contributed by atoms with Crippen LogP contribution in [0.3, 0.4) is 0 Å². The number of sulfonamides is 1. The Morgan fingerprint density at radius 2 is 1.91 bits per heavy atom. The lowest BCUT2D eigenvalue weighted by molar-refractivity contribution is -0.150. The monoisotopic (exact) mass is 464 g/mol. The van der Waals surface area contributed by atoms with Crippen LogP contribution >= 0.6 is 0 Å². The molecule has 1 aliphatic rings. The van der Waals surface area contributed by atoms with Gasteiger partial charge >= 0.3 is 5.97 Å². The molecule has 1 amide bonds. The number of rotatable bonds is 9. The number of hydrogen-bond donors (Lipinski definition) is 0. The first-order valence-corrected chi connectivity index (χ1v) is 12.0. The summed E-state index contributed by atoms with van der Waals surface area (Å²) in [5.74, 6) is -0.554. The maximum Gasteiger partial charge on any atom is 0.311 e. The summed E-state index contributed by atoms with van der Waals surface area (Å²) in [6.45, 7) is 8.14. The van der Waals surface area contributed by atoms with E-state index in [9.17, 15) is 18.0 Å². The lowest BCUT2D eigenvalue weighted by atomic mass is 10.1. The van der Waals surface area contributed by atoms with Crippen LogP contribution in [0.25, 0.3) is 0 Å². The molecule has 2 aromatic rings. The van der Waals surface area contributed by atoms with Gasteiger partial charge in [-0.2, -0.15) is 9.29 Å². The number of anilines is 1. The van der Waals surface area contributed by atoms with Crippen LogP contribution in [0.1, 0.15) is 51.7 Å². The van der Waals surface area contributed by atoms with Gasteiger partial charge in [-0.3, -0.25) is 9.59 Å². The number of carbonyl (C=O) groups excluding carboxylic acids is 2. The van der Waals surface area contributed by atoms with E-state index in [1.807, 2.05) is 13.8 Å². The Morgan fingerprint density at radius 3 is 2.47 bits per heavy atom. The summed E-state index contributed by atoms with van der Waals surface area (Å²) >= 11 is 0. The molecule has 1 aliphatic heterocycles. The Bertz CT molecular complexity index is 1060. The van der Waals surface area contributed by atoms with Crippen LogP contribution in [0.4, 0.5) is 5.69 Å². The van der Waals surface area contributed by atoms with E-state index < -0.39 is 21.9 Å². The standard InChI is InChI=1S/C21H28N4O6S/c1-5-24(6-2)32(28,29)17-9-7-16(8-10-17)25-12-15(11-19(25)26)21(27)30-13-18-22-20(14(3)4)23-31-18/h7-10,14-15H,5-6,11-13H2,1-4H3/t15-/m0/s1. The smallest absolute Gasteiger partial charge is 0.311 e. The average Bonchev–Trinajstić information content (AvgIpc) is 3.40. The molecule has 1 saturated heterocycles. The summed E-state index contributed by atoms with van der Waals surface area (Å²) in [5.41, 5.74) is 0.530. The van der Waals surface area contributed by atoms with E-state index in [-0.39, 0.29) is 42.2 Å². The summed E-state index contributed by atoms with van der Waals surface area (Å²) in [7, 11) is -3.58.